The molecular formula is C12H19NO4. The van der Waals surface area contributed by atoms with Crippen molar-refractivity contribution in [1.82, 2.24) is 4.90 Å². The molecule has 5 nitrogen and oxygen atoms in total. The van der Waals surface area contributed by atoms with E-state index in [1.807, 2.05) is 6.92 Å². The van der Waals surface area contributed by atoms with Crippen LogP contribution in [0, 0.1) is 5.92 Å². The van der Waals surface area contributed by atoms with Crippen LogP contribution in [0.3, 0.4) is 0 Å². The molecule has 0 spiro atoms. The van der Waals surface area contributed by atoms with Crippen LogP contribution in [-0.2, 0) is 9.59 Å². The summed E-state index contributed by atoms with van der Waals surface area (Å²) in [6, 6.07) is -0.651. The Morgan fingerprint density at radius 1 is 1.41 bits per heavy atom. The zero-order valence-electron chi connectivity index (χ0n) is 10.0. The maximum atomic E-state index is 12.0. The molecule has 0 aromatic carbocycles. The Morgan fingerprint density at radius 2 is 2.12 bits per heavy atom. The lowest BCUT2D eigenvalue weighted by Crippen LogP contribution is -2.47. The van der Waals surface area contributed by atoms with Gasteiger partial charge < -0.3 is 15.1 Å². The molecule has 2 N–H and O–H groups in total. The summed E-state index contributed by atoms with van der Waals surface area (Å²) in [4.78, 5) is 24.5. The number of hydrogen-bond donors (Lipinski definition) is 2. The topological polar surface area (TPSA) is 77.8 Å². The minimum Gasteiger partial charge on any atom is -0.480 e. The highest BCUT2D eigenvalue weighted by atomic mass is 16.4. The number of likely N-dealkylation sites (tertiary alicyclic amines) is 1. The molecule has 1 unspecified atom stereocenters. The molecule has 4 atom stereocenters. The predicted molar refractivity (Wildman–Crippen MR) is 60.3 cm³/mol. The van der Waals surface area contributed by atoms with Crippen LogP contribution in [0.5, 0.6) is 0 Å². The molecule has 17 heavy (non-hydrogen) atoms. The zero-order valence-corrected chi connectivity index (χ0v) is 10.0. The first kappa shape index (κ1) is 12.4. The maximum absolute atomic E-state index is 12.0. The average molecular weight is 241 g/mol. The summed E-state index contributed by atoms with van der Waals surface area (Å²) in [5, 5.41) is 18.8. The minimum atomic E-state index is -1.03. The molecule has 1 saturated carbocycles. The molecule has 1 saturated heterocycles. The lowest BCUT2D eigenvalue weighted by Gasteiger charge is -2.26. The Balaban J connectivity index is 1.99. The second-order valence-electron chi connectivity index (χ2n) is 5.06. The first-order valence-electron chi connectivity index (χ1n) is 6.29. The third-order valence-corrected chi connectivity index (χ3v) is 3.76. The van der Waals surface area contributed by atoms with Crippen LogP contribution in [0.2, 0.25) is 0 Å². The summed E-state index contributed by atoms with van der Waals surface area (Å²) in [6.07, 6.45) is 2.54. The number of amides is 1. The van der Waals surface area contributed by atoms with Gasteiger partial charge in [0.05, 0.1) is 0 Å². The van der Waals surface area contributed by atoms with Gasteiger partial charge in [-0.2, -0.15) is 0 Å². The van der Waals surface area contributed by atoms with Gasteiger partial charge in [-0.3, -0.25) is 4.79 Å². The summed E-state index contributed by atoms with van der Waals surface area (Å²) < 4.78 is 0. The minimum absolute atomic E-state index is 0.0693. The van der Waals surface area contributed by atoms with Crippen molar-refractivity contribution in [3.05, 3.63) is 0 Å². The normalized spacial score (nSPS) is 32.1. The van der Waals surface area contributed by atoms with E-state index in [0.717, 1.165) is 19.3 Å². The van der Waals surface area contributed by atoms with Gasteiger partial charge in [-0.05, 0) is 25.2 Å². The molecule has 0 radical (unpaired) electrons. The number of aliphatic carboxylic acids is 1. The monoisotopic (exact) mass is 241 g/mol. The van der Waals surface area contributed by atoms with E-state index >= 15 is 0 Å². The van der Waals surface area contributed by atoms with Crippen molar-refractivity contribution in [3.8, 4) is 0 Å². The molecule has 1 heterocycles. The fourth-order valence-corrected chi connectivity index (χ4v) is 2.69. The summed E-state index contributed by atoms with van der Waals surface area (Å²) in [5.74, 6) is -0.998. The number of carboxylic acids is 1. The molecule has 1 amide bonds. The Kier molecular flexibility index (Phi) is 3.38. The van der Waals surface area contributed by atoms with Gasteiger partial charge in [0.25, 0.3) is 5.91 Å². The van der Waals surface area contributed by atoms with Gasteiger partial charge in [0.15, 0.2) is 0 Å². The third-order valence-electron chi connectivity index (χ3n) is 3.76. The fraction of sp³-hybridized carbons (Fsp3) is 0.833. The highest BCUT2D eigenvalue weighted by Crippen LogP contribution is 2.48. The SMILES string of the molecule is CCCCC(O)C(=O)N1[C@@H]2C[C@@H]2C[C@H]1C(=O)O. The molecule has 2 aliphatic rings. The number of rotatable bonds is 5. The number of nitrogens with zero attached hydrogens (tertiary/aromatic N) is 1. The van der Waals surface area contributed by atoms with Crippen molar-refractivity contribution >= 4 is 11.9 Å². The highest BCUT2D eigenvalue weighted by Gasteiger charge is 2.56. The third kappa shape index (κ3) is 2.29. The molecule has 2 rings (SSSR count). The van der Waals surface area contributed by atoms with Crippen molar-refractivity contribution in [3.63, 3.8) is 0 Å². The van der Waals surface area contributed by atoms with Crippen LogP contribution >= 0.6 is 0 Å². The lowest BCUT2D eigenvalue weighted by atomic mass is 10.1. The highest BCUT2D eigenvalue weighted by molar-refractivity contribution is 5.87. The predicted octanol–water partition coefficient (Wildman–Crippen LogP) is 0.611. The van der Waals surface area contributed by atoms with E-state index in [2.05, 4.69) is 0 Å². The van der Waals surface area contributed by atoms with Crippen LogP contribution in [0.25, 0.3) is 0 Å². The Morgan fingerprint density at radius 3 is 2.71 bits per heavy atom. The molecule has 1 aliphatic heterocycles. The number of piperidine rings is 1. The van der Waals surface area contributed by atoms with E-state index in [1.54, 1.807) is 0 Å². The van der Waals surface area contributed by atoms with Gasteiger partial charge in [0.1, 0.15) is 12.1 Å². The quantitative estimate of drug-likeness (QED) is 0.739. The lowest BCUT2D eigenvalue weighted by molar-refractivity contribution is -0.153. The molecular weight excluding hydrogens is 222 g/mol. The van der Waals surface area contributed by atoms with E-state index in [-0.39, 0.29) is 6.04 Å². The van der Waals surface area contributed by atoms with Crippen LogP contribution in [0.1, 0.15) is 39.0 Å². The van der Waals surface area contributed by atoms with Gasteiger partial charge in [0.2, 0.25) is 0 Å². The number of unbranched alkanes of at least 4 members (excludes halogenated alkanes) is 1. The van der Waals surface area contributed by atoms with E-state index in [1.165, 1.54) is 4.90 Å². The fourth-order valence-electron chi connectivity index (χ4n) is 2.69. The second kappa shape index (κ2) is 4.64. The molecule has 2 fully saturated rings. The molecule has 0 aromatic rings. The maximum Gasteiger partial charge on any atom is 0.326 e. The summed E-state index contributed by atoms with van der Waals surface area (Å²) in [6.45, 7) is 1.99. The van der Waals surface area contributed by atoms with Crippen molar-refractivity contribution < 1.29 is 19.8 Å². The average Bonchev–Trinajstić information content (AvgIpc) is 2.96. The first-order chi connectivity index (χ1) is 8.06. The number of carbonyl (C=O) groups is 2. The second-order valence-corrected chi connectivity index (χ2v) is 5.06. The van der Waals surface area contributed by atoms with Crippen molar-refractivity contribution in [2.24, 2.45) is 5.92 Å². The number of carboxylic acid groups (broad SMARTS) is 1. The van der Waals surface area contributed by atoms with Gasteiger partial charge in [-0.15, -0.1) is 0 Å². The van der Waals surface area contributed by atoms with Crippen LogP contribution < -0.4 is 0 Å². The van der Waals surface area contributed by atoms with E-state index in [9.17, 15) is 14.7 Å². The van der Waals surface area contributed by atoms with E-state index in [4.69, 9.17) is 5.11 Å². The Labute approximate surface area is 100 Å². The number of fused-ring (bicyclic) bond motifs is 1. The number of aliphatic hydroxyl groups is 1. The Hall–Kier alpha value is -1.10. The summed E-state index contributed by atoms with van der Waals surface area (Å²) >= 11 is 0. The molecule has 1 aliphatic carbocycles. The van der Waals surface area contributed by atoms with Gasteiger partial charge in [-0.25, -0.2) is 4.79 Å². The number of aliphatic hydroxyl groups excluding tert-OH is 1. The van der Waals surface area contributed by atoms with Crippen molar-refractivity contribution in [2.45, 2.75) is 57.2 Å². The molecule has 0 aromatic heterocycles. The van der Waals surface area contributed by atoms with Crippen LogP contribution in [-0.4, -0.2) is 45.2 Å². The van der Waals surface area contributed by atoms with E-state index < -0.39 is 24.0 Å². The van der Waals surface area contributed by atoms with E-state index in [0.29, 0.717) is 18.8 Å². The van der Waals surface area contributed by atoms with Crippen molar-refractivity contribution in [1.29, 1.82) is 0 Å². The summed E-state index contributed by atoms with van der Waals surface area (Å²) in [5.41, 5.74) is 0. The zero-order chi connectivity index (χ0) is 12.6. The summed E-state index contributed by atoms with van der Waals surface area (Å²) in [7, 11) is 0. The van der Waals surface area contributed by atoms with Gasteiger partial charge >= 0.3 is 5.97 Å². The smallest absolute Gasteiger partial charge is 0.326 e. The van der Waals surface area contributed by atoms with Gasteiger partial charge in [0, 0.05) is 6.04 Å². The van der Waals surface area contributed by atoms with Crippen LogP contribution in [0.4, 0.5) is 0 Å². The number of hydrogen-bond acceptors (Lipinski definition) is 3. The van der Waals surface area contributed by atoms with Crippen LogP contribution in [0.15, 0.2) is 0 Å². The Bertz CT molecular complexity index is 330. The van der Waals surface area contributed by atoms with Crippen molar-refractivity contribution in [2.75, 3.05) is 0 Å². The molecule has 5 heteroatoms. The standard InChI is InChI=1S/C12H19NO4/c1-2-3-4-10(14)11(15)13-8-5-7(8)6-9(13)12(16)17/h7-10,14H,2-6H2,1H3,(H,16,17)/t7-,8-,9+,10?/m1/s1. The van der Waals surface area contributed by atoms with Gasteiger partial charge in [-0.1, -0.05) is 19.8 Å². The largest absolute Gasteiger partial charge is 0.480 e. The first-order valence-corrected chi connectivity index (χ1v) is 6.29. The molecule has 0 bridgehead atoms. The molecule has 96 valence electrons. The number of carbonyl (C=O) groups excluding carboxylic acids is 1.